The van der Waals surface area contributed by atoms with Gasteiger partial charge in [0.2, 0.25) is 0 Å². The molecule has 0 aliphatic carbocycles. The van der Waals surface area contributed by atoms with Crippen molar-refractivity contribution in [1.82, 2.24) is 5.32 Å². The van der Waals surface area contributed by atoms with Crippen molar-refractivity contribution < 1.29 is 9.13 Å². The second kappa shape index (κ2) is 8.22. The average Bonchev–Trinajstić information content (AvgIpc) is 2.52. The molecule has 1 N–H and O–H groups in total. The van der Waals surface area contributed by atoms with E-state index in [4.69, 9.17) is 4.74 Å². The van der Waals surface area contributed by atoms with Gasteiger partial charge in [0.25, 0.3) is 0 Å². The van der Waals surface area contributed by atoms with Gasteiger partial charge in [0.05, 0.1) is 0 Å². The molecule has 2 nitrogen and oxygen atoms in total. The maximum Gasteiger partial charge on any atom is 0.165 e. The summed E-state index contributed by atoms with van der Waals surface area (Å²) in [6.45, 7) is 3.80. The number of halogens is 1. The predicted octanol–water partition coefficient (Wildman–Crippen LogP) is 4.03. The molecule has 0 heterocycles. The Morgan fingerprint density at radius 2 is 1.90 bits per heavy atom. The lowest BCUT2D eigenvalue weighted by atomic mass is 10.2. The van der Waals surface area contributed by atoms with Gasteiger partial charge in [-0.15, -0.1) is 0 Å². The van der Waals surface area contributed by atoms with Gasteiger partial charge in [0, 0.05) is 12.1 Å². The van der Waals surface area contributed by atoms with Crippen LogP contribution in [-0.4, -0.2) is 13.2 Å². The van der Waals surface area contributed by atoms with E-state index in [1.54, 1.807) is 6.07 Å². The van der Waals surface area contributed by atoms with Crippen LogP contribution in [0.2, 0.25) is 0 Å². The van der Waals surface area contributed by atoms with Gasteiger partial charge in [-0.1, -0.05) is 55.5 Å². The van der Waals surface area contributed by atoms with Crippen molar-refractivity contribution in [1.29, 1.82) is 0 Å². The molecule has 0 saturated carbocycles. The maximum atomic E-state index is 13.9. The lowest BCUT2D eigenvalue weighted by Crippen LogP contribution is -2.13. The highest BCUT2D eigenvalue weighted by Gasteiger charge is 2.08. The molecule has 0 radical (unpaired) electrons. The summed E-state index contributed by atoms with van der Waals surface area (Å²) in [6, 6.07) is 15.0. The Morgan fingerprint density at radius 1 is 1.10 bits per heavy atom. The van der Waals surface area contributed by atoms with Crippen molar-refractivity contribution in [3.05, 3.63) is 71.6 Å². The Hall–Kier alpha value is -2.13. The molecule has 0 unspecified atom stereocenters. The SMILES string of the molecule is CCNCc1cccc(F)c1OC/C=C/c1ccccc1. The quantitative estimate of drug-likeness (QED) is 0.829. The van der Waals surface area contributed by atoms with Crippen LogP contribution in [0.15, 0.2) is 54.6 Å². The molecule has 110 valence electrons. The van der Waals surface area contributed by atoms with Crippen molar-refractivity contribution in [2.24, 2.45) is 0 Å². The molecule has 2 rings (SSSR count). The van der Waals surface area contributed by atoms with Crippen molar-refractivity contribution in [3.8, 4) is 5.75 Å². The van der Waals surface area contributed by atoms with Crippen LogP contribution in [0.4, 0.5) is 4.39 Å². The fourth-order valence-corrected chi connectivity index (χ4v) is 1.99. The topological polar surface area (TPSA) is 21.3 Å². The molecule has 0 amide bonds. The van der Waals surface area contributed by atoms with Crippen LogP contribution in [-0.2, 0) is 6.54 Å². The molecule has 0 saturated heterocycles. The van der Waals surface area contributed by atoms with Gasteiger partial charge in [-0.25, -0.2) is 4.39 Å². The van der Waals surface area contributed by atoms with Gasteiger partial charge in [-0.2, -0.15) is 0 Å². The summed E-state index contributed by atoms with van der Waals surface area (Å²) in [5.74, 6) is 0.00896. The highest BCUT2D eigenvalue weighted by atomic mass is 19.1. The van der Waals surface area contributed by atoms with E-state index >= 15 is 0 Å². The summed E-state index contributed by atoms with van der Waals surface area (Å²) < 4.78 is 19.4. The zero-order chi connectivity index (χ0) is 14.9. The summed E-state index contributed by atoms with van der Waals surface area (Å²) in [6.07, 6.45) is 3.85. The van der Waals surface area contributed by atoms with Crippen molar-refractivity contribution >= 4 is 6.08 Å². The molecule has 0 aromatic heterocycles. The molecule has 0 atom stereocenters. The lowest BCUT2D eigenvalue weighted by Gasteiger charge is -2.11. The van der Waals surface area contributed by atoms with Gasteiger partial charge in [0.15, 0.2) is 11.6 Å². The molecule has 2 aromatic rings. The highest BCUT2D eigenvalue weighted by Crippen LogP contribution is 2.22. The van der Waals surface area contributed by atoms with Crippen molar-refractivity contribution in [3.63, 3.8) is 0 Å². The first kappa shape index (κ1) is 15.3. The van der Waals surface area contributed by atoms with Crippen LogP contribution in [0.5, 0.6) is 5.75 Å². The Labute approximate surface area is 125 Å². The molecular formula is C18H20FNO. The smallest absolute Gasteiger partial charge is 0.165 e. The summed E-state index contributed by atoms with van der Waals surface area (Å²) in [5.41, 5.74) is 1.94. The Morgan fingerprint density at radius 3 is 2.67 bits per heavy atom. The van der Waals surface area contributed by atoms with Crippen molar-refractivity contribution in [2.75, 3.05) is 13.2 Å². The number of para-hydroxylation sites is 1. The van der Waals surface area contributed by atoms with Crippen molar-refractivity contribution in [2.45, 2.75) is 13.5 Å². The van der Waals surface area contributed by atoms with E-state index in [9.17, 15) is 4.39 Å². The third kappa shape index (κ3) is 4.72. The summed E-state index contributed by atoms with van der Waals surface area (Å²) in [4.78, 5) is 0. The van der Waals surface area contributed by atoms with Gasteiger partial charge in [0.1, 0.15) is 6.61 Å². The van der Waals surface area contributed by atoms with Crippen LogP contribution in [0.25, 0.3) is 6.08 Å². The lowest BCUT2D eigenvalue weighted by molar-refractivity contribution is 0.337. The second-order valence-corrected chi connectivity index (χ2v) is 4.63. The van der Waals surface area contributed by atoms with Crippen LogP contribution < -0.4 is 10.1 Å². The number of benzene rings is 2. The largest absolute Gasteiger partial charge is 0.486 e. The molecule has 0 spiro atoms. The van der Waals surface area contributed by atoms with E-state index < -0.39 is 0 Å². The van der Waals surface area contributed by atoms with Gasteiger partial charge in [-0.3, -0.25) is 0 Å². The number of hydrogen-bond donors (Lipinski definition) is 1. The zero-order valence-corrected chi connectivity index (χ0v) is 12.2. The fraction of sp³-hybridized carbons (Fsp3) is 0.222. The molecule has 0 aliphatic rings. The molecule has 0 fully saturated rings. The van der Waals surface area contributed by atoms with Gasteiger partial charge in [-0.05, 0) is 24.3 Å². The number of nitrogens with one attached hydrogen (secondary N) is 1. The third-order valence-corrected chi connectivity index (χ3v) is 3.05. The second-order valence-electron chi connectivity index (χ2n) is 4.63. The van der Waals surface area contributed by atoms with Gasteiger partial charge < -0.3 is 10.1 Å². The normalized spacial score (nSPS) is 11.0. The number of rotatable bonds is 7. The third-order valence-electron chi connectivity index (χ3n) is 3.05. The standard InChI is InChI=1S/C18H20FNO/c1-2-20-14-16-11-6-12-17(19)18(16)21-13-7-10-15-8-4-3-5-9-15/h3-12,20H,2,13-14H2,1H3/b10-7+. The minimum Gasteiger partial charge on any atom is -0.486 e. The first-order valence-electron chi connectivity index (χ1n) is 7.13. The zero-order valence-electron chi connectivity index (χ0n) is 12.2. The number of ether oxygens (including phenoxy) is 1. The molecule has 0 aliphatic heterocycles. The van der Waals surface area contributed by atoms with E-state index in [0.29, 0.717) is 18.9 Å². The van der Waals surface area contributed by atoms with Crippen LogP contribution in [0.3, 0.4) is 0 Å². The Balaban J connectivity index is 1.97. The van der Waals surface area contributed by atoms with Crippen LogP contribution in [0.1, 0.15) is 18.1 Å². The first-order chi connectivity index (χ1) is 10.3. The Bertz CT molecular complexity index is 581. The van der Waals surface area contributed by atoms with E-state index in [2.05, 4.69) is 5.32 Å². The van der Waals surface area contributed by atoms with E-state index in [1.165, 1.54) is 6.07 Å². The predicted molar refractivity (Wildman–Crippen MR) is 84.8 cm³/mol. The summed E-state index contributed by atoms with van der Waals surface area (Å²) in [7, 11) is 0. The van der Waals surface area contributed by atoms with Crippen LogP contribution in [0, 0.1) is 5.82 Å². The van der Waals surface area contributed by atoms with Gasteiger partial charge >= 0.3 is 0 Å². The molecule has 2 aromatic carbocycles. The van der Waals surface area contributed by atoms with E-state index in [-0.39, 0.29) is 5.82 Å². The summed E-state index contributed by atoms with van der Waals surface area (Å²) in [5, 5.41) is 3.18. The minimum absolute atomic E-state index is 0.321. The molecular weight excluding hydrogens is 265 g/mol. The maximum absolute atomic E-state index is 13.9. The molecule has 0 bridgehead atoms. The first-order valence-corrected chi connectivity index (χ1v) is 7.13. The van der Waals surface area contributed by atoms with Crippen LogP contribution >= 0.6 is 0 Å². The Kier molecular flexibility index (Phi) is 5.98. The van der Waals surface area contributed by atoms with E-state index in [1.807, 2.05) is 55.5 Å². The highest BCUT2D eigenvalue weighted by molar-refractivity contribution is 5.48. The number of hydrogen-bond acceptors (Lipinski definition) is 2. The van der Waals surface area contributed by atoms with E-state index in [0.717, 1.165) is 17.7 Å². The minimum atomic E-state index is -0.321. The molecule has 21 heavy (non-hydrogen) atoms. The summed E-state index contributed by atoms with van der Waals surface area (Å²) >= 11 is 0. The fourth-order valence-electron chi connectivity index (χ4n) is 1.99. The molecule has 3 heteroatoms. The average molecular weight is 285 g/mol. The monoisotopic (exact) mass is 285 g/mol.